The Bertz CT molecular complexity index is 389. The molecule has 0 bridgehead atoms. The van der Waals surface area contributed by atoms with Crippen LogP contribution in [0.5, 0.6) is 5.75 Å². The molecule has 0 heterocycles. The summed E-state index contributed by atoms with van der Waals surface area (Å²) in [4.78, 5) is 10.1. The maximum Gasteiger partial charge on any atom is 0.279 e. The Morgan fingerprint density at radius 2 is 2.33 bits per heavy atom. The zero-order valence-electron chi connectivity index (χ0n) is 8.21. The first kappa shape index (κ1) is 11.2. The van der Waals surface area contributed by atoms with Gasteiger partial charge in [0.05, 0.1) is 23.7 Å². The van der Waals surface area contributed by atoms with Gasteiger partial charge in [0.2, 0.25) is 0 Å². The highest BCUT2D eigenvalue weighted by Gasteiger charge is 2.19. The second-order valence-corrected chi connectivity index (χ2v) is 2.86. The third kappa shape index (κ3) is 2.32. The molecular weight excluding hydrogens is 198 g/mol. The molecule has 0 saturated heterocycles. The Labute approximate surface area is 86.8 Å². The van der Waals surface area contributed by atoms with Gasteiger partial charge in [-0.25, -0.2) is 0 Å². The highest BCUT2D eigenvalue weighted by Crippen LogP contribution is 2.29. The zero-order chi connectivity index (χ0) is 11.4. The van der Waals surface area contributed by atoms with Crippen LogP contribution in [0.4, 0.5) is 5.69 Å². The van der Waals surface area contributed by atoms with Crippen molar-refractivity contribution in [2.75, 3.05) is 7.11 Å². The largest absolute Gasteiger partial charge is 0.497 e. The number of nitrogens with zero attached hydrogens (tertiary/aromatic N) is 1. The van der Waals surface area contributed by atoms with Crippen molar-refractivity contribution in [1.82, 2.24) is 0 Å². The third-order valence-electron chi connectivity index (χ3n) is 1.98. The van der Waals surface area contributed by atoms with Crippen molar-refractivity contribution >= 4 is 5.69 Å². The van der Waals surface area contributed by atoms with E-state index in [4.69, 9.17) is 4.74 Å². The first-order valence-electron chi connectivity index (χ1n) is 4.23. The maximum absolute atomic E-state index is 10.7. The lowest BCUT2D eigenvalue weighted by Crippen LogP contribution is -2.00. The molecule has 0 saturated carbocycles. The van der Waals surface area contributed by atoms with Crippen LogP contribution in [0.2, 0.25) is 0 Å². The van der Waals surface area contributed by atoms with Gasteiger partial charge in [0.15, 0.2) is 0 Å². The van der Waals surface area contributed by atoms with Crippen LogP contribution < -0.4 is 4.74 Å². The Kier molecular flexibility index (Phi) is 3.41. The molecule has 1 unspecified atom stereocenters. The minimum Gasteiger partial charge on any atom is -0.497 e. The van der Waals surface area contributed by atoms with Crippen LogP contribution in [-0.2, 0) is 0 Å². The van der Waals surface area contributed by atoms with Crippen molar-refractivity contribution in [2.24, 2.45) is 0 Å². The molecule has 0 amide bonds. The third-order valence-corrected chi connectivity index (χ3v) is 1.98. The maximum atomic E-state index is 10.7. The fourth-order valence-corrected chi connectivity index (χ4v) is 1.19. The molecule has 0 radical (unpaired) electrons. The van der Waals surface area contributed by atoms with E-state index in [0.717, 1.165) is 0 Å². The summed E-state index contributed by atoms with van der Waals surface area (Å²) in [6, 6.07) is 4.26. The van der Waals surface area contributed by atoms with Gasteiger partial charge < -0.3 is 9.84 Å². The van der Waals surface area contributed by atoms with Gasteiger partial charge in [-0.05, 0) is 12.1 Å². The van der Waals surface area contributed by atoms with Crippen molar-refractivity contribution in [1.29, 1.82) is 0 Å². The van der Waals surface area contributed by atoms with Gasteiger partial charge in [-0.3, -0.25) is 10.1 Å². The zero-order valence-corrected chi connectivity index (χ0v) is 8.21. The number of ether oxygens (including phenoxy) is 1. The van der Waals surface area contributed by atoms with Crippen LogP contribution in [0.25, 0.3) is 0 Å². The number of hydrogen-bond donors (Lipinski definition) is 1. The molecule has 0 aliphatic carbocycles. The minimum atomic E-state index is -1.05. The van der Waals surface area contributed by atoms with E-state index in [0.29, 0.717) is 5.75 Å². The number of methoxy groups -OCH3 is 1. The van der Waals surface area contributed by atoms with Gasteiger partial charge in [-0.1, -0.05) is 6.08 Å². The molecule has 1 aromatic rings. The average molecular weight is 209 g/mol. The van der Waals surface area contributed by atoms with Gasteiger partial charge in [0, 0.05) is 0 Å². The Morgan fingerprint density at radius 1 is 1.67 bits per heavy atom. The first-order chi connectivity index (χ1) is 7.10. The van der Waals surface area contributed by atoms with Gasteiger partial charge in [0.25, 0.3) is 5.69 Å². The number of nitro groups is 1. The lowest BCUT2D eigenvalue weighted by molar-refractivity contribution is -0.386. The second-order valence-electron chi connectivity index (χ2n) is 2.86. The molecule has 1 rings (SSSR count). The highest BCUT2D eigenvalue weighted by atomic mass is 16.6. The van der Waals surface area contributed by atoms with Crippen LogP contribution in [-0.4, -0.2) is 17.1 Å². The SMILES string of the molecule is C=CC(O)c1ccc(OC)cc1[N+](=O)[O-]. The first-order valence-corrected chi connectivity index (χ1v) is 4.23. The quantitative estimate of drug-likeness (QED) is 0.466. The van der Waals surface area contributed by atoms with Crippen molar-refractivity contribution in [2.45, 2.75) is 6.10 Å². The van der Waals surface area contributed by atoms with Crippen LogP contribution in [0.15, 0.2) is 30.9 Å². The van der Waals surface area contributed by atoms with Crippen molar-refractivity contribution in [3.05, 3.63) is 46.5 Å². The summed E-state index contributed by atoms with van der Waals surface area (Å²) in [6.45, 7) is 3.38. The van der Waals surface area contributed by atoms with E-state index in [1.54, 1.807) is 6.07 Å². The Morgan fingerprint density at radius 3 is 2.80 bits per heavy atom. The summed E-state index contributed by atoms with van der Waals surface area (Å²) in [5.41, 5.74) is 0.0255. The molecular formula is C10H11NO4. The molecule has 0 fully saturated rings. The molecule has 0 aromatic heterocycles. The average Bonchev–Trinajstić information content (AvgIpc) is 2.27. The number of aliphatic hydroxyl groups excluding tert-OH is 1. The minimum absolute atomic E-state index is 0.179. The van der Waals surface area contributed by atoms with E-state index in [2.05, 4.69) is 6.58 Å². The van der Waals surface area contributed by atoms with Crippen molar-refractivity contribution in [3.63, 3.8) is 0 Å². The van der Waals surface area contributed by atoms with E-state index >= 15 is 0 Å². The monoisotopic (exact) mass is 209 g/mol. The predicted octanol–water partition coefficient (Wildman–Crippen LogP) is 1.82. The molecule has 80 valence electrons. The van der Waals surface area contributed by atoms with Gasteiger partial charge >= 0.3 is 0 Å². The number of aliphatic hydroxyl groups is 1. The fourth-order valence-electron chi connectivity index (χ4n) is 1.19. The second kappa shape index (κ2) is 4.56. The molecule has 1 aromatic carbocycles. The molecule has 1 N–H and O–H groups in total. The summed E-state index contributed by atoms with van der Waals surface area (Å²) < 4.78 is 4.86. The normalized spacial score (nSPS) is 11.9. The molecule has 5 heteroatoms. The van der Waals surface area contributed by atoms with Gasteiger partial charge in [-0.2, -0.15) is 0 Å². The lowest BCUT2D eigenvalue weighted by atomic mass is 10.1. The Hall–Kier alpha value is -1.88. The summed E-state index contributed by atoms with van der Waals surface area (Å²) >= 11 is 0. The molecule has 0 aliphatic heterocycles. The molecule has 1 atom stereocenters. The lowest BCUT2D eigenvalue weighted by Gasteiger charge is -2.07. The summed E-state index contributed by atoms with van der Waals surface area (Å²) in [6.07, 6.45) is 0.186. The van der Waals surface area contributed by atoms with Crippen molar-refractivity contribution in [3.8, 4) is 5.75 Å². The summed E-state index contributed by atoms with van der Waals surface area (Å²) in [7, 11) is 1.42. The van der Waals surface area contributed by atoms with Crippen LogP contribution in [0, 0.1) is 10.1 Å². The predicted molar refractivity (Wildman–Crippen MR) is 54.8 cm³/mol. The standard InChI is InChI=1S/C10H11NO4/c1-3-10(12)8-5-4-7(15-2)6-9(8)11(13)14/h3-6,10,12H,1H2,2H3. The number of hydrogen-bond acceptors (Lipinski definition) is 4. The van der Waals surface area contributed by atoms with E-state index in [1.807, 2.05) is 0 Å². The van der Waals surface area contributed by atoms with E-state index in [1.165, 1.54) is 25.3 Å². The molecule has 0 spiro atoms. The van der Waals surface area contributed by atoms with Gasteiger partial charge in [0.1, 0.15) is 11.9 Å². The van der Waals surface area contributed by atoms with Crippen LogP contribution in [0.3, 0.4) is 0 Å². The highest BCUT2D eigenvalue weighted by molar-refractivity contribution is 5.48. The van der Waals surface area contributed by atoms with E-state index in [-0.39, 0.29) is 11.3 Å². The smallest absolute Gasteiger partial charge is 0.279 e. The topological polar surface area (TPSA) is 72.6 Å². The summed E-state index contributed by atoms with van der Waals surface area (Å²) in [5, 5.41) is 20.2. The Balaban J connectivity index is 3.26. The molecule has 5 nitrogen and oxygen atoms in total. The van der Waals surface area contributed by atoms with Crippen LogP contribution >= 0.6 is 0 Å². The summed E-state index contributed by atoms with van der Waals surface area (Å²) in [5.74, 6) is 0.377. The van der Waals surface area contributed by atoms with Crippen LogP contribution in [0.1, 0.15) is 11.7 Å². The van der Waals surface area contributed by atoms with E-state index < -0.39 is 11.0 Å². The number of rotatable bonds is 4. The number of nitro benzene ring substituents is 1. The fraction of sp³-hybridized carbons (Fsp3) is 0.200. The van der Waals surface area contributed by atoms with Gasteiger partial charge in [-0.15, -0.1) is 6.58 Å². The molecule has 0 aliphatic rings. The number of benzene rings is 1. The van der Waals surface area contributed by atoms with Crippen molar-refractivity contribution < 1.29 is 14.8 Å². The van der Waals surface area contributed by atoms with E-state index in [9.17, 15) is 15.2 Å². The molecule has 15 heavy (non-hydrogen) atoms.